The molecule has 0 aromatic heterocycles. The highest BCUT2D eigenvalue weighted by Crippen LogP contribution is 2.16. The summed E-state index contributed by atoms with van der Waals surface area (Å²) in [4.78, 5) is 0. The van der Waals surface area contributed by atoms with Gasteiger partial charge in [0.1, 0.15) is 0 Å². The van der Waals surface area contributed by atoms with Gasteiger partial charge in [0.2, 0.25) is 0 Å². The Morgan fingerprint density at radius 3 is 2.43 bits per heavy atom. The fraction of sp³-hybridized carbons (Fsp3) is 0.278. The molecule has 21 heavy (non-hydrogen) atoms. The first-order chi connectivity index (χ1) is 10.1. The van der Waals surface area contributed by atoms with E-state index in [1.165, 1.54) is 22.3 Å². The van der Waals surface area contributed by atoms with E-state index in [4.69, 9.17) is 12.2 Å². The Morgan fingerprint density at radius 1 is 1.05 bits per heavy atom. The molecule has 2 rings (SSSR count). The van der Waals surface area contributed by atoms with Crippen molar-refractivity contribution in [1.82, 2.24) is 10.6 Å². The average molecular weight is 298 g/mol. The van der Waals surface area contributed by atoms with Crippen molar-refractivity contribution in [3.63, 3.8) is 0 Å². The van der Waals surface area contributed by atoms with Crippen LogP contribution in [-0.2, 0) is 6.54 Å². The molecular formula is C18H22N2S. The van der Waals surface area contributed by atoms with E-state index < -0.39 is 0 Å². The standard InChI is InChI=1S/C18H22N2S/c1-13-9-10-17(11-14(13)2)15(3)20-18(21)19-12-16-7-5-4-6-8-16/h4-11,15H,12H2,1-3H3,(H2,19,20,21). The first-order valence-corrected chi connectivity index (χ1v) is 7.62. The van der Waals surface area contributed by atoms with Gasteiger partial charge in [-0.3, -0.25) is 0 Å². The Labute approximate surface area is 132 Å². The summed E-state index contributed by atoms with van der Waals surface area (Å²) >= 11 is 5.37. The highest BCUT2D eigenvalue weighted by Gasteiger charge is 2.07. The van der Waals surface area contributed by atoms with E-state index in [1.807, 2.05) is 18.2 Å². The highest BCUT2D eigenvalue weighted by molar-refractivity contribution is 7.80. The number of benzene rings is 2. The minimum absolute atomic E-state index is 0.195. The largest absolute Gasteiger partial charge is 0.359 e. The second kappa shape index (κ2) is 7.23. The van der Waals surface area contributed by atoms with Crippen LogP contribution < -0.4 is 10.6 Å². The summed E-state index contributed by atoms with van der Waals surface area (Å²) in [7, 11) is 0. The summed E-state index contributed by atoms with van der Waals surface area (Å²) in [5.41, 5.74) is 5.10. The van der Waals surface area contributed by atoms with E-state index in [-0.39, 0.29) is 6.04 Å². The van der Waals surface area contributed by atoms with E-state index in [1.54, 1.807) is 0 Å². The van der Waals surface area contributed by atoms with Crippen LogP contribution >= 0.6 is 12.2 Å². The van der Waals surface area contributed by atoms with Crippen molar-refractivity contribution in [2.75, 3.05) is 0 Å². The van der Waals surface area contributed by atoms with Gasteiger partial charge in [-0.25, -0.2) is 0 Å². The molecule has 0 fully saturated rings. The molecule has 0 radical (unpaired) electrons. The maximum atomic E-state index is 5.37. The van der Waals surface area contributed by atoms with Gasteiger partial charge in [0.05, 0.1) is 6.04 Å². The molecule has 0 aliphatic heterocycles. The summed E-state index contributed by atoms with van der Waals surface area (Å²) in [6.45, 7) is 7.13. The first kappa shape index (κ1) is 15.5. The summed E-state index contributed by atoms with van der Waals surface area (Å²) in [6, 6.07) is 17.0. The van der Waals surface area contributed by atoms with Crippen molar-refractivity contribution in [3.8, 4) is 0 Å². The van der Waals surface area contributed by atoms with Crippen LogP contribution in [0.4, 0.5) is 0 Å². The van der Waals surface area contributed by atoms with Crippen LogP contribution in [0, 0.1) is 13.8 Å². The summed E-state index contributed by atoms with van der Waals surface area (Å²) in [6.07, 6.45) is 0. The number of hydrogen-bond acceptors (Lipinski definition) is 1. The van der Waals surface area contributed by atoms with Crippen LogP contribution in [0.25, 0.3) is 0 Å². The smallest absolute Gasteiger partial charge is 0.167 e. The van der Waals surface area contributed by atoms with Crippen LogP contribution in [0.15, 0.2) is 48.5 Å². The lowest BCUT2D eigenvalue weighted by atomic mass is 10.0. The zero-order valence-corrected chi connectivity index (χ0v) is 13.6. The summed E-state index contributed by atoms with van der Waals surface area (Å²) in [5, 5.41) is 7.26. The Balaban J connectivity index is 1.88. The topological polar surface area (TPSA) is 24.1 Å². The van der Waals surface area contributed by atoms with E-state index in [0.29, 0.717) is 5.11 Å². The van der Waals surface area contributed by atoms with E-state index in [9.17, 15) is 0 Å². The molecule has 1 unspecified atom stereocenters. The lowest BCUT2D eigenvalue weighted by Gasteiger charge is -2.18. The number of aryl methyl sites for hydroxylation is 2. The second-order valence-corrected chi connectivity index (χ2v) is 5.79. The predicted octanol–water partition coefficient (Wildman–Crippen LogP) is 4.03. The normalized spacial score (nSPS) is 11.8. The monoisotopic (exact) mass is 298 g/mol. The van der Waals surface area contributed by atoms with Crippen molar-refractivity contribution in [2.24, 2.45) is 0 Å². The Kier molecular flexibility index (Phi) is 5.34. The van der Waals surface area contributed by atoms with Gasteiger partial charge < -0.3 is 10.6 Å². The molecule has 3 heteroatoms. The molecule has 2 aromatic rings. The van der Waals surface area contributed by atoms with Crippen molar-refractivity contribution < 1.29 is 0 Å². The molecular weight excluding hydrogens is 276 g/mol. The maximum absolute atomic E-state index is 5.37. The van der Waals surface area contributed by atoms with Crippen molar-refractivity contribution in [1.29, 1.82) is 0 Å². The molecule has 0 heterocycles. The predicted molar refractivity (Wildman–Crippen MR) is 93.3 cm³/mol. The zero-order valence-electron chi connectivity index (χ0n) is 12.8. The molecule has 0 amide bonds. The molecule has 2 aromatic carbocycles. The summed E-state index contributed by atoms with van der Waals surface area (Å²) in [5.74, 6) is 0. The van der Waals surface area contributed by atoms with Gasteiger partial charge in [-0.05, 0) is 55.2 Å². The third-order valence-electron chi connectivity index (χ3n) is 3.67. The molecule has 0 saturated heterocycles. The van der Waals surface area contributed by atoms with Gasteiger partial charge in [0.15, 0.2) is 5.11 Å². The van der Waals surface area contributed by atoms with Gasteiger partial charge in [-0.2, -0.15) is 0 Å². The number of thiocarbonyl (C=S) groups is 1. The third kappa shape index (κ3) is 4.57. The van der Waals surface area contributed by atoms with Crippen LogP contribution in [0.5, 0.6) is 0 Å². The Morgan fingerprint density at radius 2 is 1.76 bits per heavy atom. The minimum Gasteiger partial charge on any atom is -0.359 e. The van der Waals surface area contributed by atoms with E-state index in [2.05, 4.69) is 61.7 Å². The van der Waals surface area contributed by atoms with E-state index in [0.717, 1.165) is 6.54 Å². The molecule has 0 bridgehead atoms. The molecule has 0 aliphatic rings. The van der Waals surface area contributed by atoms with Gasteiger partial charge >= 0.3 is 0 Å². The second-order valence-electron chi connectivity index (χ2n) is 5.38. The molecule has 110 valence electrons. The fourth-order valence-corrected chi connectivity index (χ4v) is 2.39. The molecule has 0 saturated carbocycles. The van der Waals surface area contributed by atoms with Crippen molar-refractivity contribution >= 4 is 17.3 Å². The molecule has 0 spiro atoms. The van der Waals surface area contributed by atoms with E-state index >= 15 is 0 Å². The summed E-state index contributed by atoms with van der Waals surface area (Å²) < 4.78 is 0. The first-order valence-electron chi connectivity index (χ1n) is 7.21. The Bertz CT molecular complexity index is 608. The molecule has 1 atom stereocenters. The van der Waals surface area contributed by atoms with Crippen LogP contribution in [0.1, 0.15) is 35.2 Å². The van der Waals surface area contributed by atoms with Gasteiger partial charge in [0, 0.05) is 6.54 Å². The van der Waals surface area contributed by atoms with Crippen LogP contribution in [0.3, 0.4) is 0 Å². The van der Waals surface area contributed by atoms with Crippen molar-refractivity contribution in [3.05, 3.63) is 70.8 Å². The highest BCUT2D eigenvalue weighted by atomic mass is 32.1. The quantitative estimate of drug-likeness (QED) is 0.833. The minimum atomic E-state index is 0.195. The SMILES string of the molecule is Cc1ccc(C(C)NC(=S)NCc2ccccc2)cc1C. The average Bonchev–Trinajstić information content (AvgIpc) is 2.49. The van der Waals surface area contributed by atoms with Crippen LogP contribution in [-0.4, -0.2) is 5.11 Å². The molecule has 2 N–H and O–H groups in total. The number of hydrogen-bond donors (Lipinski definition) is 2. The Hall–Kier alpha value is -1.87. The lowest BCUT2D eigenvalue weighted by molar-refractivity contribution is 0.697. The third-order valence-corrected chi connectivity index (χ3v) is 3.94. The molecule has 0 aliphatic carbocycles. The zero-order chi connectivity index (χ0) is 15.2. The number of rotatable bonds is 4. The fourth-order valence-electron chi connectivity index (χ4n) is 2.14. The van der Waals surface area contributed by atoms with Gasteiger partial charge in [-0.1, -0.05) is 48.5 Å². The maximum Gasteiger partial charge on any atom is 0.167 e. The van der Waals surface area contributed by atoms with Gasteiger partial charge in [-0.15, -0.1) is 0 Å². The van der Waals surface area contributed by atoms with Crippen LogP contribution in [0.2, 0.25) is 0 Å². The van der Waals surface area contributed by atoms with Crippen molar-refractivity contribution in [2.45, 2.75) is 33.4 Å². The number of nitrogens with one attached hydrogen (secondary N) is 2. The molecule has 2 nitrogen and oxygen atoms in total. The lowest BCUT2D eigenvalue weighted by Crippen LogP contribution is -2.36. The van der Waals surface area contributed by atoms with Gasteiger partial charge in [0.25, 0.3) is 0 Å².